The van der Waals surface area contributed by atoms with Crippen molar-refractivity contribution in [3.05, 3.63) is 0 Å². The minimum atomic E-state index is -0.928. The lowest BCUT2D eigenvalue weighted by molar-refractivity contribution is -0.138. The van der Waals surface area contributed by atoms with Crippen LogP contribution in [0.1, 0.15) is 19.3 Å². The number of carbonyl (C=O) groups is 1. The van der Waals surface area contributed by atoms with Crippen molar-refractivity contribution in [1.29, 1.82) is 0 Å². The Kier molecular flexibility index (Phi) is 5.78. The summed E-state index contributed by atoms with van der Waals surface area (Å²) in [6, 6.07) is -0.716. The number of rotatable bonds is 6. The van der Waals surface area contributed by atoms with Gasteiger partial charge in [0.2, 0.25) is 0 Å². The van der Waals surface area contributed by atoms with Gasteiger partial charge in [0, 0.05) is 13.7 Å². The van der Waals surface area contributed by atoms with E-state index in [0.717, 1.165) is 12.8 Å². The molecule has 1 atom stereocenters. The number of methoxy groups -OCH3 is 1. The van der Waals surface area contributed by atoms with E-state index in [1.807, 2.05) is 0 Å². The molecule has 0 unspecified atom stereocenters. The predicted molar refractivity (Wildman–Crippen MR) is 41.3 cm³/mol. The second-order valence-electron chi connectivity index (χ2n) is 2.43. The van der Waals surface area contributed by atoms with E-state index in [9.17, 15) is 4.79 Å². The SMILES string of the molecule is COCCCC[C@H](N)C(=O)O. The highest BCUT2D eigenvalue weighted by atomic mass is 16.5. The van der Waals surface area contributed by atoms with Crippen LogP contribution in [0, 0.1) is 0 Å². The van der Waals surface area contributed by atoms with Crippen LogP contribution >= 0.6 is 0 Å². The highest BCUT2D eigenvalue weighted by molar-refractivity contribution is 5.72. The predicted octanol–water partition coefficient (Wildman–Crippen LogP) is 0.215. The van der Waals surface area contributed by atoms with Crippen LogP contribution in [0.2, 0.25) is 0 Å². The zero-order valence-electron chi connectivity index (χ0n) is 6.75. The first-order valence-corrected chi connectivity index (χ1v) is 3.65. The minimum Gasteiger partial charge on any atom is -0.480 e. The van der Waals surface area contributed by atoms with Gasteiger partial charge in [-0.2, -0.15) is 0 Å². The molecule has 0 saturated heterocycles. The van der Waals surface area contributed by atoms with Crippen molar-refractivity contribution in [2.75, 3.05) is 13.7 Å². The van der Waals surface area contributed by atoms with E-state index >= 15 is 0 Å². The molecule has 0 aromatic heterocycles. The Bertz CT molecular complexity index is 116. The molecule has 0 aliphatic carbocycles. The van der Waals surface area contributed by atoms with Crippen molar-refractivity contribution in [2.45, 2.75) is 25.3 Å². The number of hydrogen-bond donors (Lipinski definition) is 2. The van der Waals surface area contributed by atoms with Gasteiger partial charge < -0.3 is 15.6 Å². The van der Waals surface area contributed by atoms with Gasteiger partial charge in [-0.05, 0) is 19.3 Å². The van der Waals surface area contributed by atoms with Gasteiger partial charge >= 0.3 is 5.97 Å². The third kappa shape index (κ3) is 5.82. The Labute approximate surface area is 66.3 Å². The van der Waals surface area contributed by atoms with Gasteiger partial charge in [-0.25, -0.2) is 0 Å². The van der Waals surface area contributed by atoms with Crippen LogP contribution in [0.15, 0.2) is 0 Å². The van der Waals surface area contributed by atoms with E-state index in [4.69, 9.17) is 15.6 Å². The number of unbranched alkanes of at least 4 members (excludes halogenated alkanes) is 1. The lowest BCUT2D eigenvalue weighted by Crippen LogP contribution is -2.29. The molecule has 0 aromatic carbocycles. The van der Waals surface area contributed by atoms with Gasteiger partial charge in [0.25, 0.3) is 0 Å². The van der Waals surface area contributed by atoms with E-state index in [0.29, 0.717) is 13.0 Å². The van der Waals surface area contributed by atoms with E-state index in [1.54, 1.807) is 7.11 Å². The quantitative estimate of drug-likeness (QED) is 0.546. The minimum absolute atomic E-state index is 0.526. The Morgan fingerprint density at radius 1 is 1.64 bits per heavy atom. The van der Waals surface area contributed by atoms with Gasteiger partial charge in [0.05, 0.1) is 0 Å². The number of nitrogens with two attached hydrogens (primary N) is 1. The maximum atomic E-state index is 10.2. The van der Waals surface area contributed by atoms with Gasteiger partial charge in [-0.15, -0.1) is 0 Å². The molecule has 0 rings (SSSR count). The Hall–Kier alpha value is -0.610. The summed E-state index contributed by atoms with van der Waals surface area (Å²) in [7, 11) is 1.62. The second kappa shape index (κ2) is 6.12. The second-order valence-corrected chi connectivity index (χ2v) is 2.43. The molecule has 0 saturated carbocycles. The van der Waals surface area contributed by atoms with Gasteiger partial charge in [-0.1, -0.05) is 0 Å². The molecule has 0 radical (unpaired) electrons. The fourth-order valence-electron chi connectivity index (χ4n) is 0.734. The first-order valence-electron chi connectivity index (χ1n) is 3.65. The molecule has 0 heterocycles. The maximum Gasteiger partial charge on any atom is 0.320 e. The van der Waals surface area contributed by atoms with Crippen LogP contribution in [-0.4, -0.2) is 30.8 Å². The summed E-state index contributed by atoms with van der Waals surface area (Å²) < 4.78 is 4.80. The van der Waals surface area contributed by atoms with E-state index < -0.39 is 12.0 Å². The van der Waals surface area contributed by atoms with Crippen LogP contribution < -0.4 is 5.73 Å². The largest absolute Gasteiger partial charge is 0.480 e. The van der Waals surface area contributed by atoms with Crippen molar-refractivity contribution < 1.29 is 14.6 Å². The maximum absolute atomic E-state index is 10.2. The molecule has 11 heavy (non-hydrogen) atoms. The summed E-state index contributed by atoms with van der Waals surface area (Å²) in [6.07, 6.45) is 2.21. The summed E-state index contributed by atoms with van der Waals surface area (Å²) >= 11 is 0. The van der Waals surface area contributed by atoms with Crippen molar-refractivity contribution in [1.82, 2.24) is 0 Å². The third-order valence-electron chi connectivity index (χ3n) is 1.43. The van der Waals surface area contributed by atoms with Crippen molar-refractivity contribution in [2.24, 2.45) is 5.73 Å². The lowest BCUT2D eigenvalue weighted by Gasteiger charge is -2.04. The molecule has 0 bridgehead atoms. The monoisotopic (exact) mass is 161 g/mol. The van der Waals surface area contributed by atoms with Crippen LogP contribution in [0.3, 0.4) is 0 Å². The summed E-state index contributed by atoms with van der Waals surface area (Å²) in [5.74, 6) is -0.928. The third-order valence-corrected chi connectivity index (χ3v) is 1.43. The van der Waals surface area contributed by atoms with Crippen molar-refractivity contribution in [3.8, 4) is 0 Å². The zero-order valence-corrected chi connectivity index (χ0v) is 6.75. The molecular weight excluding hydrogens is 146 g/mol. The Balaban J connectivity index is 3.17. The number of carboxylic acids is 1. The Morgan fingerprint density at radius 3 is 2.73 bits per heavy atom. The summed E-state index contributed by atoms with van der Waals surface area (Å²) in [6.45, 7) is 0.673. The summed E-state index contributed by atoms with van der Waals surface area (Å²) in [5, 5.41) is 8.38. The number of carboxylic acid groups (broad SMARTS) is 1. The topological polar surface area (TPSA) is 72.5 Å². The first-order chi connectivity index (χ1) is 5.18. The molecule has 0 aliphatic rings. The van der Waals surface area contributed by atoms with Crippen molar-refractivity contribution >= 4 is 5.97 Å². The molecule has 4 nitrogen and oxygen atoms in total. The molecule has 3 N–H and O–H groups in total. The van der Waals surface area contributed by atoms with Crippen LogP contribution in [0.5, 0.6) is 0 Å². The number of ether oxygens (including phenoxy) is 1. The lowest BCUT2D eigenvalue weighted by atomic mass is 10.1. The fraction of sp³-hybridized carbons (Fsp3) is 0.857. The zero-order chi connectivity index (χ0) is 8.69. The fourth-order valence-corrected chi connectivity index (χ4v) is 0.734. The van der Waals surface area contributed by atoms with Crippen LogP contribution in [0.4, 0.5) is 0 Å². The standard InChI is InChI=1S/C7H15NO3/c1-11-5-3-2-4-6(8)7(9)10/h6H,2-5,8H2,1H3,(H,9,10)/t6-/m0/s1. The molecule has 66 valence electrons. The molecular formula is C7H15NO3. The average molecular weight is 161 g/mol. The molecule has 0 aliphatic heterocycles. The van der Waals surface area contributed by atoms with E-state index in [2.05, 4.69) is 0 Å². The summed E-state index contributed by atoms with van der Waals surface area (Å²) in [5.41, 5.74) is 5.26. The highest BCUT2D eigenvalue weighted by Gasteiger charge is 2.09. The normalized spacial score (nSPS) is 12.9. The number of aliphatic carboxylic acids is 1. The van der Waals surface area contributed by atoms with Crippen molar-refractivity contribution in [3.63, 3.8) is 0 Å². The summed E-state index contributed by atoms with van der Waals surface area (Å²) in [4.78, 5) is 10.2. The van der Waals surface area contributed by atoms with E-state index in [1.165, 1.54) is 0 Å². The first kappa shape index (κ1) is 10.4. The number of hydrogen-bond acceptors (Lipinski definition) is 3. The van der Waals surface area contributed by atoms with Crippen LogP contribution in [-0.2, 0) is 9.53 Å². The molecule has 0 fully saturated rings. The Morgan fingerprint density at radius 2 is 2.27 bits per heavy atom. The molecule has 0 aromatic rings. The van der Waals surface area contributed by atoms with Crippen LogP contribution in [0.25, 0.3) is 0 Å². The van der Waals surface area contributed by atoms with E-state index in [-0.39, 0.29) is 0 Å². The average Bonchev–Trinajstić information content (AvgIpc) is 1.97. The van der Waals surface area contributed by atoms with Gasteiger partial charge in [0.1, 0.15) is 6.04 Å². The molecule has 0 amide bonds. The van der Waals surface area contributed by atoms with Gasteiger partial charge in [0.15, 0.2) is 0 Å². The highest BCUT2D eigenvalue weighted by Crippen LogP contribution is 1.98. The molecule has 0 spiro atoms. The smallest absolute Gasteiger partial charge is 0.320 e. The molecule has 4 heteroatoms. The van der Waals surface area contributed by atoms with Gasteiger partial charge in [-0.3, -0.25) is 4.79 Å².